The maximum atomic E-state index is 13.6. The Morgan fingerprint density at radius 3 is 2.70 bits per heavy atom. The highest BCUT2D eigenvalue weighted by molar-refractivity contribution is 6.09. The van der Waals surface area contributed by atoms with Gasteiger partial charge in [0.25, 0.3) is 5.92 Å². The van der Waals surface area contributed by atoms with Crippen molar-refractivity contribution in [2.24, 2.45) is 0 Å². The van der Waals surface area contributed by atoms with Gasteiger partial charge in [0.1, 0.15) is 18.1 Å². The summed E-state index contributed by atoms with van der Waals surface area (Å²) >= 11 is 0. The number of ketones is 1. The first kappa shape index (κ1) is 17.3. The summed E-state index contributed by atoms with van der Waals surface area (Å²) in [6.07, 6.45) is 3.14. The number of alkyl halides is 2. The maximum Gasteiger partial charge on any atom is 0.257 e. The van der Waals surface area contributed by atoms with Gasteiger partial charge < -0.3 is 4.74 Å². The van der Waals surface area contributed by atoms with Gasteiger partial charge in [-0.05, 0) is 24.3 Å². The Bertz CT molecular complexity index is 1040. The van der Waals surface area contributed by atoms with E-state index in [0.717, 1.165) is 16.8 Å². The molecule has 5 nitrogen and oxygen atoms in total. The van der Waals surface area contributed by atoms with Crippen molar-refractivity contribution >= 4 is 11.6 Å². The van der Waals surface area contributed by atoms with Gasteiger partial charge in [-0.15, -0.1) is 0 Å². The van der Waals surface area contributed by atoms with Crippen LogP contribution < -0.4 is 4.74 Å². The van der Waals surface area contributed by atoms with E-state index in [1.54, 1.807) is 18.2 Å². The van der Waals surface area contributed by atoms with E-state index in [1.807, 2.05) is 0 Å². The van der Waals surface area contributed by atoms with Crippen molar-refractivity contribution in [2.45, 2.75) is 18.3 Å². The van der Waals surface area contributed by atoms with Gasteiger partial charge in [0.2, 0.25) is 11.6 Å². The fourth-order valence-electron chi connectivity index (χ4n) is 2.90. The van der Waals surface area contributed by atoms with Crippen molar-refractivity contribution in [1.82, 2.24) is 14.4 Å². The predicted molar refractivity (Wildman–Crippen MR) is 90.8 cm³/mol. The molecule has 0 amide bonds. The second kappa shape index (κ2) is 6.22. The molecule has 1 aliphatic carbocycles. The molecule has 0 spiro atoms. The second-order valence-electron chi connectivity index (χ2n) is 6.26. The lowest BCUT2D eigenvalue weighted by Crippen LogP contribution is -2.10. The summed E-state index contributed by atoms with van der Waals surface area (Å²) in [5.41, 5.74) is 0.0891. The van der Waals surface area contributed by atoms with Gasteiger partial charge in [0.15, 0.2) is 5.82 Å². The lowest BCUT2D eigenvalue weighted by Gasteiger charge is -2.06. The number of ether oxygens (including phenoxy) is 1. The molecule has 2 aromatic heterocycles. The maximum absolute atomic E-state index is 13.6. The van der Waals surface area contributed by atoms with Crippen LogP contribution in [0.5, 0.6) is 5.75 Å². The largest absolute Gasteiger partial charge is 0.490 e. The van der Waals surface area contributed by atoms with Gasteiger partial charge in [0.05, 0.1) is 24.0 Å². The van der Waals surface area contributed by atoms with Crippen molar-refractivity contribution in [3.05, 3.63) is 72.1 Å². The molecule has 0 radical (unpaired) electrons. The smallest absolute Gasteiger partial charge is 0.257 e. The van der Waals surface area contributed by atoms with E-state index in [2.05, 4.69) is 16.5 Å². The normalized spacial score (nSPS) is 17.7. The molecule has 1 fully saturated rings. The first-order valence-corrected chi connectivity index (χ1v) is 8.20. The quantitative estimate of drug-likeness (QED) is 0.487. The van der Waals surface area contributed by atoms with Gasteiger partial charge in [-0.1, -0.05) is 12.7 Å². The molecule has 3 aromatic rings. The standard InChI is InChI=1S/C19H14F3N3O2/c1-2-7-27-13-5-3-11(4-6-13)17(26)16-15(14-8-19(14,21)22)24-18-23-9-12(20)10-25(16)18/h2-6,9-10,14H,1,7-8H2/t14-/m0/s1. The van der Waals surface area contributed by atoms with Crippen LogP contribution >= 0.6 is 0 Å². The SMILES string of the molecule is C=CCOc1ccc(C(=O)c2c([C@@H]3CC3(F)F)nc3ncc(F)cn23)cc1. The minimum atomic E-state index is -2.92. The number of carbonyl (C=O) groups is 1. The van der Waals surface area contributed by atoms with Gasteiger partial charge in [-0.25, -0.2) is 23.1 Å². The van der Waals surface area contributed by atoms with E-state index in [4.69, 9.17) is 4.74 Å². The van der Waals surface area contributed by atoms with Crippen LogP contribution in [-0.2, 0) is 0 Å². The van der Waals surface area contributed by atoms with Crippen molar-refractivity contribution < 1.29 is 22.7 Å². The van der Waals surface area contributed by atoms with Gasteiger partial charge in [-0.3, -0.25) is 9.20 Å². The molecule has 2 heterocycles. The molecule has 0 unspecified atom stereocenters. The minimum Gasteiger partial charge on any atom is -0.490 e. The van der Waals surface area contributed by atoms with E-state index in [-0.39, 0.29) is 22.7 Å². The summed E-state index contributed by atoms with van der Waals surface area (Å²) < 4.78 is 47.4. The van der Waals surface area contributed by atoms with E-state index < -0.39 is 29.9 Å². The van der Waals surface area contributed by atoms with Crippen LogP contribution in [-0.4, -0.2) is 32.7 Å². The topological polar surface area (TPSA) is 56.5 Å². The number of halogens is 3. The van der Waals surface area contributed by atoms with Crippen molar-refractivity contribution in [3.63, 3.8) is 0 Å². The number of fused-ring (bicyclic) bond motifs is 1. The van der Waals surface area contributed by atoms with Crippen LogP contribution in [0.3, 0.4) is 0 Å². The van der Waals surface area contributed by atoms with Gasteiger partial charge >= 0.3 is 0 Å². The average Bonchev–Trinajstić information content (AvgIpc) is 3.13. The Morgan fingerprint density at radius 1 is 1.37 bits per heavy atom. The van der Waals surface area contributed by atoms with Gasteiger partial charge in [-0.2, -0.15) is 0 Å². The average molecular weight is 373 g/mol. The Hall–Kier alpha value is -3.16. The fourth-order valence-corrected chi connectivity index (χ4v) is 2.90. The highest BCUT2D eigenvalue weighted by Gasteiger charge is 2.60. The molecule has 8 heteroatoms. The predicted octanol–water partition coefficient (Wildman–Crippen LogP) is 3.79. The fraction of sp³-hybridized carbons (Fsp3) is 0.211. The lowest BCUT2D eigenvalue weighted by molar-refractivity contribution is 0.102. The monoisotopic (exact) mass is 373 g/mol. The molecule has 0 bridgehead atoms. The van der Waals surface area contributed by atoms with Crippen molar-refractivity contribution in [3.8, 4) is 5.75 Å². The first-order valence-electron chi connectivity index (χ1n) is 8.20. The number of rotatable bonds is 6. The molecule has 0 aliphatic heterocycles. The van der Waals surface area contributed by atoms with E-state index in [1.165, 1.54) is 12.1 Å². The summed E-state index contributed by atoms with van der Waals surface area (Å²) in [7, 11) is 0. The Labute approximate surface area is 152 Å². The molecule has 1 aliphatic rings. The summed E-state index contributed by atoms with van der Waals surface area (Å²) in [5, 5.41) is 0. The number of hydrogen-bond donors (Lipinski definition) is 0. The third-order valence-electron chi connectivity index (χ3n) is 4.33. The molecule has 138 valence electrons. The third kappa shape index (κ3) is 3.07. The number of imidazole rings is 1. The highest BCUT2D eigenvalue weighted by atomic mass is 19.3. The zero-order valence-electron chi connectivity index (χ0n) is 14.0. The molecule has 0 saturated heterocycles. The van der Waals surface area contributed by atoms with E-state index >= 15 is 0 Å². The lowest BCUT2D eigenvalue weighted by atomic mass is 10.0. The molecular formula is C19H14F3N3O2. The number of aromatic nitrogens is 3. The van der Waals surface area contributed by atoms with Crippen LogP contribution in [0.2, 0.25) is 0 Å². The second-order valence-corrected chi connectivity index (χ2v) is 6.26. The summed E-state index contributed by atoms with van der Waals surface area (Å²) in [5.74, 6) is -4.79. The van der Waals surface area contributed by atoms with E-state index in [0.29, 0.717) is 12.4 Å². The van der Waals surface area contributed by atoms with Crippen LogP contribution in [0.4, 0.5) is 13.2 Å². The number of carbonyl (C=O) groups excluding carboxylic acids is 1. The summed E-state index contributed by atoms with van der Waals surface area (Å²) in [6, 6.07) is 6.21. The molecule has 1 atom stereocenters. The molecule has 0 N–H and O–H groups in total. The Morgan fingerprint density at radius 2 is 2.07 bits per heavy atom. The van der Waals surface area contributed by atoms with Crippen molar-refractivity contribution in [2.75, 3.05) is 6.61 Å². The summed E-state index contributed by atoms with van der Waals surface area (Å²) in [4.78, 5) is 20.9. The van der Waals surface area contributed by atoms with Gasteiger partial charge in [0, 0.05) is 12.0 Å². The first-order chi connectivity index (χ1) is 12.9. The zero-order valence-corrected chi connectivity index (χ0v) is 14.0. The highest BCUT2D eigenvalue weighted by Crippen LogP contribution is 2.56. The van der Waals surface area contributed by atoms with Crippen LogP contribution in [0, 0.1) is 5.82 Å². The molecular weight excluding hydrogens is 359 g/mol. The number of nitrogens with zero attached hydrogens (tertiary/aromatic N) is 3. The summed E-state index contributed by atoms with van der Waals surface area (Å²) in [6.45, 7) is 3.86. The van der Waals surface area contributed by atoms with Crippen LogP contribution in [0.25, 0.3) is 5.78 Å². The molecule has 27 heavy (non-hydrogen) atoms. The Kier molecular flexibility index (Phi) is 3.98. The van der Waals surface area contributed by atoms with Crippen molar-refractivity contribution in [1.29, 1.82) is 0 Å². The minimum absolute atomic E-state index is 0.00314. The Balaban J connectivity index is 1.77. The number of benzene rings is 1. The zero-order chi connectivity index (χ0) is 19.2. The third-order valence-corrected chi connectivity index (χ3v) is 4.33. The van der Waals surface area contributed by atoms with Crippen LogP contribution in [0.1, 0.15) is 34.1 Å². The molecule has 1 saturated carbocycles. The van der Waals surface area contributed by atoms with Crippen LogP contribution in [0.15, 0.2) is 49.3 Å². The van der Waals surface area contributed by atoms with E-state index in [9.17, 15) is 18.0 Å². The number of hydrogen-bond acceptors (Lipinski definition) is 4. The molecule has 4 rings (SSSR count). The molecule has 1 aromatic carbocycles.